The second kappa shape index (κ2) is 6.74. The maximum absolute atomic E-state index is 5.85. The van der Waals surface area contributed by atoms with Gasteiger partial charge in [0.05, 0.1) is 15.1 Å². The summed E-state index contributed by atoms with van der Waals surface area (Å²) in [7, 11) is 1.89. The molecule has 1 unspecified atom stereocenters. The third-order valence-electron chi connectivity index (χ3n) is 2.76. The van der Waals surface area contributed by atoms with E-state index in [1.165, 1.54) is 5.56 Å². The van der Waals surface area contributed by atoms with Crippen LogP contribution in [0.15, 0.2) is 33.5 Å². The molecule has 108 valence electrons. The molecule has 0 amide bonds. The number of nitrogens with two attached hydrogens (primary N) is 1. The van der Waals surface area contributed by atoms with E-state index in [4.69, 9.17) is 10.5 Å². The quantitative estimate of drug-likeness (QED) is 0.833. The summed E-state index contributed by atoms with van der Waals surface area (Å²) in [6.45, 7) is 2.48. The highest BCUT2D eigenvalue weighted by Crippen LogP contribution is 2.35. The van der Waals surface area contributed by atoms with Gasteiger partial charge in [-0.25, -0.2) is 0 Å². The number of aromatic nitrogens is 2. The molecule has 2 aromatic rings. The van der Waals surface area contributed by atoms with E-state index < -0.39 is 0 Å². The molecule has 4 nitrogen and oxygen atoms in total. The van der Waals surface area contributed by atoms with Gasteiger partial charge in [-0.1, -0.05) is 0 Å². The van der Waals surface area contributed by atoms with Crippen molar-refractivity contribution in [3.05, 3.63) is 44.6 Å². The van der Waals surface area contributed by atoms with Gasteiger partial charge in [0.15, 0.2) is 0 Å². The van der Waals surface area contributed by atoms with Crippen LogP contribution in [0.3, 0.4) is 0 Å². The van der Waals surface area contributed by atoms with Crippen LogP contribution < -0.4 is 10.5 Å². The van der Waals surface area contributed by atoms with Crippen molar-refractivity contribution in [1.82, 2.24) is 9.78 Å². The second-order valence-electron chi connectivity index (χ2n) is 4.88. The molecule has 1 aromatic carbocycles. The lowest BCUT2D eigenvalue weighted by molar-refractivity contribution is 0.302. The van der Waals surface area contributed by atoms with Crippen LogP contribution in [0.1, 0.15) is 18.1 Å². The number of nitrogens with zero attached hydrogens (tertiary/aromatic N) is 2. The van der Waals surface area contributed by atoms with Crippen LogP contribution in [0.2, 0.25) is 0 Å². The topological polar surface area (TPSA) is 53.1 Å². The molecule has 2 N–H and O–H groups in total. The Morgan fingerprint density at radius 1 is 1.30 bits per heavy atom. The standard InChI is InChI=1S/C14H17Br2N3O/c1-9(17)3-10-4-12(15)14(13(16)5-10)20-8-11-6-18-19(2)7-11/h4-7,9H,3,8,17H2,1-2H3. The van der Waals surface area contributed by atoms with E-state index in [1.807, 2.05) is 32.3 Å². The van der Waals surface area contributed by atoms with Crippen LogP contribution in [0.5, 0.6) is 5.75 Å². The average Bonchev–Trinajstić information content (AvgIpc) is 2.73. The minimum Gasteiger partial charge on any atom is -0.486 e. The molecular formula is C14H17Br2N3O. The lowest BCUT2D eigenvalue weighted by atomic mass is 10.1. The van der Waals surface area contributed by atoms with E-state index in [0.717, 1.165) is 26.7 Å². The van der Waals surface area contributed by atoms with Crippen molar-refractivity contribution in [3.8, 4) is 5.75 Å². The van der Waals surface area contributed by atoms with Gasteiger partial charge in [0.25, 0.3) is 0 Å². The third kappa shape index (κ3) is 4.07. The van der Waals surface area contributed by atoms with Crippen LogP contribution in [0.4, 0.5) is 0 Å². The van der Waals surface area contributed by atoms with Crippen molar-refractivity contribution in [2.75, 3.05) is 0 Å². The molecule has 0 aliphatic heterocycles. The molecule has 0 saturated heterocycles. The fourth-order valence-corrected chi connectivity index (χ4v) is 3.45. The van der Waals surface area contributed by atoms with Gasteiger partial charge in [0.1, 0.15) is 12.4 Å². The summed E-state index contributed by atoms with van der Waals surface area (Å²) in [4.78, 5) is 0. The number of hydrogen-bond donors (Lipinski definition) is 1. The van der Waals surface area contributed by atoms with Gasteiger partial charge >= 0.3 is 0 Å². The third-order valence-corrected chi connectivity index (χ3v) is 3.94. The number of hydrogen-bond acceptors (Lipinski definition) is 3. The first-order valence-electron chi connectivity index (χ1n) is 6.29. The van der Waals surface area contributed by atoms with Gasteiger partial charge in [0.2, 0.25) is 0 Å². The summed E-state index contributed by atoms with van der Waals surface area (Å²) < 4.78 is 9.45. The number of aryl methyl sites for hydroxylation is 1. The van der Waals surface area contributed by atoms with Gasteiger partial charge in [0, 0.05) is 24.8 Å². The van der Waals surface area contributed by atoms with Crippen LogP contribution in [-0.2, 0) is 20.1 Å². The van der Waals surface area contributed by atoms with E-state index in [2.05, 4.69) is 37.0 Å². The van der Waals surface area contributed by atoms with Gasteiger partial charge in [-0.3, -0.25) is 4.68 Å². The van der Waals surface area contributed by atoms with Crippen molar-refractivity contribution in [2.24, 2.45) is 12.8 Å². The summed E-state index contributed by atoms with van der Waals surface area (Å²) in [5.74, 6) is 0.794. The van der Waals surface area contributed by atoms with E-state index in [9.17, 15) is 0 Å². The molecule has 20 heavy (non-hydrogen) atoms. The van der Waals surface area contributed by atoms with Crippen molar-refractivity contribution < 1.29 is 4.74 Å². The fraction of sp³-hybridized carbons (Fsp3) is 0.357. The van der Waals surface area contributed by atoms with Gasteiger partial charge in [-0.15, -0.1) is 0 Å². The molecule has 0 spiro atoms. The van der Waals surface area contributed by atoms with E-state index in [1.54, 1.807) is 10.9 Å². The Bertz CT molecular complexity index is 573. The highest BCUT2D eigenvalue weighted by atomic mass is 79.9. The van der Waals surface area contributed by atoms with Crippen LogP contribution in [0, 0.1) is 0 Å². The minimum absolute atomic E-state index is 0.135. The molecule has 6 heteroatoms. The van der Waals surface area contributed by atoms with Gasteiger partial charge < -0.3 is 10.5 Å². The Morgan fingerprint density at radius 2 is 1.95 bits per heavy atom. The summed E-state index contributed by atoms with van der Waals surface area (Å²) in [6.07, 6.45) is 4.57. The monoisotopic (exact) mass is 401 g/mol. The van der Waals surface area contributed by atoms with Crippen LogP contribution in [0.25, 0.3) is 0 Å². The Labute approximate surface area is 135 Å². The van der Waals surface area contributed by atoms with Crippen molar-refractivity contribution in [1.29, 1.82) is 0 Å². The molecule has 1 aromatic heterocycles. The molecule has 0 radical (unpaired) electrons. The first-order chi connectivity index (χ1) is 9.45. The number of halogens is 2. The first-order valence-corrected chi connectivity index (χ1v) is 7.88. The Morgan fingerprint density at radius 3 is 2.45 bits per heavy atom. The zero-order chi connectivity index (χ0) is 14.7. The maximum Gasteiger partial charge on any atom is 0.148 e. The average molecular weight is 403 g/mol. The predicted octanol–water partition coefficient (Wildman–Crippen LogP) is 3.41. The molecule has 0 fully saturated rings. The van der Waals surface area contributed by atoms with Crippen molar-refractivity contribution >= 4 is 31.9 Å². The highest BCUT2D eigenvalue weighted by Gasteiger charge is 2.10. The fourth-order valence-electron chi connectivity index (χ4n) is 1.94. The smallest absolute Gasteiger partial charge is 0.148 e. The summed E-state index contributed by atoms with van der Waals surface area (Å²) in [5.41, 5.74) is 8.04. The number of rotatable bonds is 5. The van der Waals surface area contributed by atoms with Crippen LogP contribution >= 0.6 is 31.9 Å². The van der Waals surface area contributed by atoms with E-state index in [-0.39, 0.29) is 6.04 Å². The van der Waals surface area contributed by atoms with Gasteiger partial charge in [-0.05, 0) is 62.9 Å². The molecule has 1 heterocycles. The minimum atomic E-state index is 0.135. The summed E-state index contributed by atoms with van der Waals surface area (Å²) >= 11 is 7.10. The van der Waals surface area contributed by atoms with E-state index in [0.29, 0.717) is 6.61 Å². The van der Waals surface area contributed by atoms with Crippen molar-refractivity contribution in [2.45, 2.75) is 26.0 Å². The molecule has 0 aliphatic rings. The molecule has 0 saturated carbocycles. The number of ether oxygens (including phenoxy) is 1. The van der Waals surface area contributed by atoms with Gasteiger partial charge in [-0.2, -0.15) is 5.10 Å². The lowest BCUT2D eigenvalue weighted by Gasteiger charge is -2.12. The zero-order valence-corrected chi connectivity index (χ0v) is 14.6. The van der Waals surface area contributed by atoms with Crippen molar-refractivity contribution in [3.63, 3.8) is 0 Å². The molecule has 2 rings (SSSR count). The normalized spacial score (nSPS) is 12.4. The molecular weight excluding hydrogens is 386 g/mol. The summed E-state index contributed by atoms with van der Waals surface area (Å²) in [6, 6.07) is 4.23. The SMILES string of the molecule is CC(N)Cc1cc(Br)c(OCc2cnn(C)c2)c(Br)c1. The van der Waals surface area contributed by atoms with E-state index >= 15 is 0 Å². The second-order valence-corrected chi connectivity index (χ2v) is 6.59. The first kappa shape index (κ1) is 15.5. The summed E-state index contributed by atoms with van der Waals surface area (Å²) in [5, 5.41) is 4.12. The number of benzene rings is 1. The molecule has 0 aliphatic carbocycles. The molecule has 1 atom stereocenters. The largest absolute Gasteiger partial charge is 0.486 e. The molecule has 0 bridgehead atoms. The highest BCUT2D eigenvalue weighted by molar-refractivity contribution is 9.11. The Kier molecular flexibility index (Phi) is 5.23. The maximum atomic E-state index is 5.85. The Hall–Kier alpha value is -0.850. The zero-order valence-electron chi connectivity index (χ0n) is 11.4. The lowest BCUT2D eigenvalue weighted by Crippen LogP contribution is -2.17. The Balaban J connectivity index is 2.11. The van der Waals surface area contributed by atoms with Crippen LogP contribution in [-0.4, -0.2) is 15.8 Å². The predicted molar refractivity (Wildman–Crippen MR) is 86.7 cm³/mol.